The molecule has 20 heavy (non-hydrogen) atoms. The molecule has 0 aliphatic rings. The summed E-state index contributed by atoms with van der Waals surface area (Å²) in [5.74, 6) is 0.648. The highest BCUT2D eigenvalue weighted by atomic mass is 32.2. The molecule has 0 saturated heterocycles. The Morgan fingerprint density at radius 3 is 3.00 bits per heavy atom. The van der Waals surface area contributed by atoms with Crippen molar-refractivity contribution in [2.75, 3.05) is 0 Å². The van der Waals surface area contributed by atoms with Gasteiger partial charge in [0.1, 0.15) is 0 Å². The summed E-state index contributed by atoms with van der Waals surface area (Å²) in [5, 5.41) is 11.6. The molecule has 2 aromatic heterocycles. The maximum Gasteiger partial charge on any atom is 0.269 e. The lowest BCUT2D eigenvalue weighted by molar-refractivity contribution is -0.384. The molecule has 2 heterocycles. The van der Waals surface area contributed by atoms with Crippen LogP contribution in [0, 0.1) is 10.1 Å². The summed E-state index contributed by atoms with van der Waals surface area (Å²) in [5.41, 5.74) is 2.07. The molecule has 5 nitrogen and oxygen atoms in total. The third kappa shape index (κ3) is 2.50. The first-order chi connectivity index (χ1) is 9.74. The molecular weight excluding hydrogens is 274 g/mol. The van der Waals surface area contributed by atoms with Crippen molar-refractivity contribution in [3.05, 3.63) is 70.5 Å². The summed E-state index contributed by atoms with van der Waals surface area (Å²) < 4.78 is 2.00. The molecule has 0 amide bonds. The number of pyridine rings is 1. The van der Waals surface area contributed by atoms with Crippen molar-refractivity contribution in [2.45, 2.75) is 10.9 Å². The maximum absolute atomic E-state index is 10.7. The van der Waals surface area contributed by atoms with Gasteiger partial charge in [0.15, 0.2) is 5.16 Å². The van der Waals surface area contributed by atoms with Crippen LogP contribution >= 0.6 is 11.8 Å². The van der Waals surface area contributed by atoms with Gasteiger partial charge in [-0.25, -0.2) is 4.98 Å². The standard InChI is InChI=1S/C14H11N3O2S/c18-17(19)12-6-3-4-11(8-12)10-20-14-15-9-13-5-1-2-7-16(13)14/h1-9H,10H2. The lowest BCUT2D eigenvalue weighted by Gasteiger charge is -2.01. The van der Waals surface area contributed by atoms with E-state index in [9.17, 15) is 10.1 Å². The van der Waals surface area contributed by atoms with Crippen molar-refractivity contribution in [2.24, 2.45) is 0 Å². The molecule has 0 unspecified atom stereocenters. The molecule has 0 saturated carbocycles. The molecule has 0 aliphatic heterocycles. The Balaban J connectivity index is 1.79. The van der Waals surface area contributed by atoms with Gasteiger partial charge < -0.3 is 0 Å². The Kier molecular flexibility index (Phi) is 3.39. The minimum absolute atomic E-state index is 0.121. The Labute approximate surface area is 119 Å². The fourth-order valence-corrected chi connectivity index (χ4v) is 2.84. The first kappa shape index (κ1) is 12.7. The molecule has 6 heteroatoms. The molecule has 0 atom stereocenters. The average Bonchev–Trinajstić information content (AvgIpc) is 2.89. The van der Waals surface area contributed by atoms with E-state index in [-0.39, 0.29) is 10.6 Å². The van der Waals surface area contributed by atoms with Crippen LogP contribution in [-0.4, -0.2) is 14.3 Å². The van der Waals surface area contributed by atoms with E-state index in [0.29, 0.717) is 5.75 Å². The summed E-state index contributed by atoms with van der Waals surface area (Å²) in [6.45, 7) is 0. The van der Waals surface area contributed by atoms with Crippen LogP contribution < -0.4 is 0 Å². The van der Waals surface area contributed by atoms with Gasteiger partial charge in [-0.05, 0) is 17.7 Å². The second kappa shape index (κ2) is 5.34. The molecule has 3 rings (SSSR count). The molecule has 0 bridgehead atoms. The number of nitro benzene ring substituents is 1. The zero-order valence-corrected chi connectivity index (χ0v) is 11.3. The van der Waals surface area contributed by atoms with Crippen molar-refractivity contribution in [1.29, 1.82) is 0 Å². The maximum atomic E-state index is 10.7. The number of aromatic nitrogens is 2. The van der Waals surface area contributed by atoms with Crippen LogP contribution in [0.5, 0.6) is 0 Å². The normalized spacial score (nSPS) is 10.8. The molecule has 0 aliphatic carbocycles. The van der Waals surface area contributed by atoms with Crippen molar-refractivity contribution in [1.82, 2.24) is 9.38 Å². The minimum atomic E-state index is -0.376. The molecule has 0 N–H and O–H groups in total. The Morgan fingerprint density at radius 2 is 2.15 bits per heavy atom. The van der Waals surface area contributed by atoms with Crippen LogP contribution in [0.25, 0.3) is 5.52 Å². The van der Waals surface area contributed by atoms with Crippen molar-refractivity contribution in [3.63, 3.8) is 0 Å². The lowest BCUT2D eigenvalue weighted by atomic mass is 10.2. The van der Waals surface area contributed by atoms with Crippen LogP contribution in [0.2, 0.25) is 0 Å². The molecule has 1 aromatic carbocycles. The highest BCUT2D eigenvalue weighted by Gasteiger charge is 2.08. The summed E-state index contributed by atoms with van der Waals surface area (Å²) in [6.07, 6.45) is 3.77. The summed E-state index contributed by atoms with van der Waals surface area (Å²) in [6, 6.07) is 12.6. The number of nitrogens with zero attached hydrogens (tertiary/aromatic N) is 3. The van der Waals surface area contributed by atoms with Crippen LogP contribution in [0.4, 0.5) is 5.69 Å². The number of rotatable bonds is 4. The van der Waals surface area contributed by atoms with Gasteiger partial charge >= 0.3 is 0 Å². The van der Waals surface area contributed by atoms with Gasteiger partial charge in [0, 0.05) is 24.1 Å². The highest BCUT2D eigenvalue weighted by Crippen LogP contribution is 2.24. The number of benzene rings is 1. The quantitative estimate of drug-likeness (QED) is 0.418. The number of thioether (sulfide) groups is 1. The van der Waals surface area contributed by atoms with E-state index in [1.165, 1.54) is 6.07 Å². The number of imidazole rings is 1. The van der Waals surface area contributed by atoms with Crippen molar-refractivity contribution < 1.29 is 4.92 Å². The monoisotopic (exact) mass is 285 g/mol. The number of fused-ring (bicyclic) bond motifs is 1. The zero-order chi connectivity index (χ0) is 13.9. The SMILES string of the molecule is O=[N+]([O-])c1cccc(CSc2ncc3ccccn23)c1. The first-order valence-corrected chi connectivity index (χ1v) is 7.01. The van der Waals surface area contributed by atoms with Gasteiger partial charge in [-0.15, -0.1) is 0 Å². The first-order valence-electron chi connectivity index (χ1n) is 6.02. The number of hydrogen-bond acceptors (Lipinski definition) is 4. The number of nitro groups is 1. The topological polar surface area (TPSA) is 60.4 Å². The lowest BCUT2D eigenvalue weighted by Crippen LogP contribution is -1.90. The fourth-order valence-electron chi connectivity index (χ4n) is 1.93. The van der Waals surface area contributed by atoms with E-state index in [4.69, 9.17) is 0 Å². The average molecular weight is 285 g/mol. The van der Waals surface area contributed by atoms with E-state index in [2.05, 4.69) is 4.98 Å². The summed E-state index contributed by atoms with van der Waals surface area (Å²) in [4.78, 5) is 14.7. The largest absolute Gasteiger partial charge is 0.295 e. The smallest absolute Gasteiger partial charge is 0.269 e. The molecule has 100 valence electrons. The van der Waals surface area contributed by atoms with Crippen molar-refractivity contribution >= 4 is 23.0 Å². The van der Waals surface area contributed by atoms with Crippen LogP contribution in [0.3, 0.4) is 0 Å². The second-order valence-corrected chi connectivity index (χ2v) is 5.19. The predicted octanol–water partition coefficient (Wildman–Crippen LogP) is 3.53. The second-order valence-electron chi connectivity index (χ2n) is 4.25. The van der Waals surface area contributed by atoms with Gasteiger partial charge in [0.25, 0.3) is 5.69 Å². The summed E-state index contributed by atoms with van der Waals surface area (Å²) >= 11 is 1.56. The van der Waals surface area contributed by atoms with Gasteiger partial charge in [-0.3, -0.25) is 14.5 Å². The van der Waals surface area contributed by atoms with Gasteiger partial charge in [0.2, 0.25) is 0 Å². The molecule has 3 aromatic rings. The fraction of sp³-hybridized carbons (Fsp3) is 0.0714. The Hall–Kier alpha value is -2.34. The summed E-state index contributed by atoms with van der Waals surface area (Å²) in [7, 11) is 0. The van der Waals surface area contributed by atoms with Gasteiger partial charge in [0.05, 0.1) is 16.6 Å². The van der Waals surface area contributed by atoms with Crippen LogP contribution in [-0.2, 0) is 5.75 Å². The van der Waals surface area contributed by atoms with Crippen LogP contribution in [0.1, 0.15) is 5.56 Å². The number of hydrogen-bond donors (Lipinski definition) is 0. The van der Waals surface area contributed by atoms with Crippen LogP contribution in [0.15, 0.2) is 60.0 Å². The predicted molar refractivity (Wildman–Crippen MR) is 77.8 cm³/mol. The molecule has 0 radical (unpaired) electrons. The Bertz CT molecular complexity index is 770. The van der Waals surface area contributed by atoms with Gasteiger partial charge in [-0.1, -0.05) is 30.0 Å². The van der Waals surface area contributed by atoms with E-state index < -0.39 is 0 Å². The molecular formula is C14H11N3O2S. The van der Waals surface area contributed by atoms with E-state index in [1.54, 1.807) is 23.9 Å². The van der Waals surface area contributed by atoms with E-state index in [0.717, 1.165) is 16.2 Å². The third-order valence-electron chi connectivity index (χ3n) is 2.89. The minimum Gasteiger partial charge on any atom is -0.295 e. The number of non-ortho nitro benzene ring substituents is 1. The Morgan fingerprint density at radius 1 is 1.25 bits per heavy atom. The van der Waals surface area contributed by atoms with E-state index in [1.807, 2.05) is 41.1 Å². The van der Waals surface area contributed by atoms with Crippen molar-refractivity contribution in [3.8, 4) is 0 Å². The zero-order valence-electron chi connectivity index (χ0n) is 10.5. The third-order valence-corrected chi connectivity index (χ3v) is 3.93. The van der Waals surface area contributed by atoms with E-state index >= 15 is 0 Å². The molecule has 0 spiro atoms. The molecule has 0 fully saturated rings. The van der Waals surface area contributed by atoms with Gasteiger partial charge in [-0.2, -0.15) is 0 Å². The highest BCUT2D eigenvalue weighted by molar-refractivity contribution is 7.98.